The van der Waals surface area contributed by atoms with E-state index in [-0.39, 0.29) is 11.3 Å². The molecule has 8 nitrogen and oxygen atoms in total. The Hall–Kier alpha value is -3.33. The molecule has 0 bridgehead atoms. The van der Waals surface area contributed by atoms with Gasteiger partial charge < -0.3 is 14.7 Å². The Bertz CT molecular complexity index is 1180. The molecule has 29 heavy (non-hydrogen) atoms. The normalized spacial score (nSPS) is 11.2. The predicted octanol–water partition coefficient (Wildman–Crippen LogP) is 3.35. The monoisotopic (exact) mass is 415 g/mol. The number of hydrogen-bond acceptors (Lipinski definition) is 5. The number of sulfonamides is 1. The molecular weight excluding hydrogens is 394 g/mol. The summed E-state index contributed by atoms with van der Waals surface area (Å²) in [7, 11) is -3.46. The van der Waals surface area contributed by atoms with Gasteiger partial charge in [0.15, 0.2) is 0 Å². The maximum Gasteiger partial charge on any atom is 0.261 e. The van der Waals surface area contributed by atoms with Gasteiger partial charge in [0.2, 0.25) is 10.0 Å². The molecule has 0 saturated heterocycles. The van der Waals surface area contributed by atoms with Crippen LogP contribution in [0.4, 0.5) is 11.4 Å². The Labute approximate surface area is 168 Å². The Kier molecular flexibility index (Phi) is 5.88. The summed E-state index contributed by atoms with van der Waals surface area (Å²) < 4.78 is 31.8. The molecule has 9 heteroatoms. The molecule has 2 heterocycles. The number of aromatic nitrogens is 1. The van der Waals surface area contributed by atoms with Gasteiger partial charge in [-0.2, -0.15) is 0 Å². The predicted molar refractivity (Wildman–Crippen MR) is 112 cm³/mol. The molecule has 0 spiro atoms. The lowest BCUT2D eigenvalue weighted by atomic mass is 10.1. The van der Waals surface area contributed by atoms with E-state index < -0.39 is 21.5 Å². The minimum absolute atomic E-state index is 0.000417. The molecule has 0 radical (unpaired) electrons. The minimum Gasteiger partial charge on any atom is -0.463 e. The van der Waals surface area contributed by atoms with Gasteiger partial charge in [0.25, 0.3) is 11.5 Å². The number of H-pyrrole nitrogens is 1. The SMILES string of the molecule is CCCS(=O)(=O)Nc1cccc(NC(=O)c2ccc(-c3ccco3)[nH]c2=O)c1C. The molecule has 3 aromatic rings. The van der Waals surface area contributed by atoms with E-state index in [0.29, 0.717) is 34.8 Å². The van der Waals surface area contributed by atoms with E-state index in [4.69, 9.17) is 4.42 Å². The number of carbonyl (C=O) groups is 1. The molecule has 152 valence electrons. The van der Waals surface area contributed by atoms with Crippen LogP contribution in [0.1, 0.15) is 29.3 Å². The number of carbonyl (C=O) groups excluding carboxylic acids is 1. The fourth-order valence-corrected chi connectivity index (χ4v) is 3.98. The van der Waals surface area contributed by atoms with E-state index >= 15 is 0 Å². The number of pyridine rings is 1. The molecule has 0 unspecified atom stereocenters. The minimum atomic E-state index is -3.46. The van der Waals surface area contributed by atoms with Gasteiger partial charge in [-0.15, -0.1) is 0 Å². The highest BCUT2D eigenvalue weighted by Gasteiger charge is 2.16. The lowest BCUT2D eigenvalue weighted by molar-refractivity contribution is 0.102. The Morgan fingerprint density at radius 3 is 2.52 bits per heavy atom. The van der Waals surface area contributed by atoms with Crippen molar-refractivity contribution < 1.29 is 17.6 Å². The Morgan fingerprint density at radius 1 is 1.10 bits per heavy atom. The van der Waals surface area contributed by atoms with E-state index in [0.717, 1.165) is 0 Å². The number of nitrogens with one attached hydrogen (secondary N) is 3. The summed E-state index contributed by atoms with van der Waals surface area (Å²) in [6.07, 6.45) is 1.97. The third-order valence-corrected chi connectivity index (χ3v) is 5.74. The topological polar surface area (TPSA) is 121 Å². The van der Waals surface area contributed by atoms with E-state index in [1.165, 1.54) is 12.3 Å². The van der Waals surface area contributed by atoms with Crippen LogP contribution < -0.4 is 15.6 Å². The third kappa shape index (κ3) is 4.75. The summed E-state index contributed by atoms with van der Waals surface area (Å²) in [5.41, 5.74) is 1.15. The van der Waals surface area contributed by atoms with Crippen molar-refractivity contribution in [1.82, 2.24) is 4.98 Å². The highest BCUT2D eigenvalue weighted by molar-refractivity contribution is 7.92. The summed E-state index contributed by atoms with van der Waals surface area (Å²) >= 11 is 0. The summed E-state index contributed by atoms with van der Waals surface area (Å²) in [6, 6.07) is 11.3. The van der Waals surface area contributed by atoms with Crippen molar-refractivity contribution >= 4 is 27.3 Å². The van der Waals surface area contributed by atoms with Crippen molar-refractivity contribution in [2.45, 2.75) is 20.3 Å². The van der Waals surface area contributed by atoms with Gasteiger partial charge in [0.1, 0.15) is 11.3 Å². The molecule has 0 aliphatic carbocycles. The van der Waals surface area contributed by atoms with Crippen molar-refractivity contribution in [3.05, 3.63) is 70.2 Å². The van der Waals surface area contributed by atoms with Crippen molar-refractivity contribution in [2.24, 2.45) is 0 Å². The maximum absolute atomic E-state index is 12.6. The molecule has 0 aliphatic rings. The molecule has 3 rings (SSSR count). The van der Waals surface area contributed by atoms with E-state index in [9.17, 15) is 18.0 Å². The quantitative estimate of drug-likeness (QED) is 0.546. The second kappa shape index (κ2) is 8.36. The number of hydrogen-bond donors (Lipinski definition) is 3. The first-order valence-corrected chi connectivity index (χ1v) is 10.6. The molecule has 0 fully saturated rings. The second-order valence-corrected chi connectivity index (χ2v) is 8.29. The lowest BCUT2D eigenvalue weighted by Gasteiger charge is -2.14. The van der Waals surface area contributed by atoms with Gasteiger partial charge in [-0.25, -0.2) is 8.42 Å². The second-order valence-electron chi connectivity index (χ2n) is 6.45. The molecule has 0 atom stereocenters. The van der Waals surface area contributed by atoms with E-state index in [2.05, 4.69) is 15.0 Å². The highest BCUT2D eigenvalue weighted by Crippen LogP contribution is 2.25. The maximum atomic E-state index is 12.6. The molecule has 1 amide bonds. The lowest BCUT2D eigenvalue weighted by Crippen LogP contribution is -2.24. The largest absolute Gasteiger partial charge is 0.463 e. The summed E-state index contributed by atoms with van der Waals surface area (Å²) in [5.74, 6) is -0.119. The summed E-state index contributed by atoms with van der Waals surface area (Å²) in [4.78, 5) is 27.5. The third-order valence-electron chi connectivity index (χ3n) is 4.26. The van der Waals surface area contributed by atoms with Crippen LogP contribution in [0, 0.1) is 6.92 Å². The van der Waals surface area contributed by atoms with Crippen molar-refractivity contribution in [3.63, 3.8) is 0 Å². The Balaban J connectivity index is 1.82. The van der Waals surface area contributed by atoms with Crippen LogP contribution in [0.25, 0.3) is 11.5 Å². The van der Waals surface area contributed by atoms with Crippen molar-refractivity contribution in [2.75, 3.05) is 15.8 Å². The van der Waals surface area contributed by atoms with Crippen LogP contribution in [0.5, 0.6) is 0 Å². The zero-order valence-electron chi connectivity index (χ0n) is 16.0. The summed E-state index contributed by atoms with van der Waals surface area (Å²) in [5, 5.41) is 2.66. The first-order chi connectivity index (χ1) is 13.8. The van der Waals surface area contributed by atoms with Gasteiger partial charge >= 0.3 is 0 Å². The van der Waals surface area contributed by atoms with E-state index in [1.807, 2.05) is 0 Å². The molecule has 0 aliphatic heterocycles. The number of aromatic amines is 1. The number of anilines is 2. The molecule has 1 aromatic carbocycles. The summed E-state index contributed by atoms with van der Waals surface area (Å²) in [6.45, 7) is 3.46. The van der Waals surface area contributed by atoms with Crippen LogP contribution in [0.3, 0.4) is 0 Å². The fourth-order valence-electron chi connectivity index (χ4n) is 2.79. The number of benzene rings is 1. The fraction of sp³-hybridized carbons (Fsp3) is 0.200. The van der Waals surface area contributed by atoms with Gasteiger partial charge in [-0.3, -0.25) is 14.3 Å². The zero-order valence-corrected chi connectivity index (χ0v) is 16.8. The Morgan fingerprint density at radius 2 is 1.86 bits per heavy atom. The van der Waals surface area contributed by atoms with Crippen LogP contribution in [0.2, 0.25) is 0 Å². The smallest absolute Gasteiger partial charge is 0.261 e. The standard InChI is InChI=1S/C20H21N3O5S/c1-3-12-29(26,27)23-16-7-4-6-15(13(16)2)21-19(24)14-9-10-17(22-20(14)25)18-8-5-11-28-18/h4-11,23H,3,12H2,1-2H3,(H,21,24)(H,22,25). The van der Waals surface area contributed by atoms with Crippen LogP contribution in [-0.4, -0.2) is 25.1 Å². The number of amides is 1. The zero-order chi connectivity index (χ0) is 21.0. The average Bonchev–Trinajstić information content (AvgIpc) is 3.19. The van der Waals surface area contributed by atoms with Gasteiger partial charge in [-0.1, -0.05) is 13.0 Å². The number of furan rings is 1. The van der Waals surface area contributed by atoms with E-state index in [1.54, 1.807) is 50.2 Å². The van der Waals surface area contributed by atoms with Crippen molar-refractivity contribution in [1.29, 1.82) is 0 Å². The van der Waals surface area contributed by atoms with Crippen LogP contribution in [0.15, 0.2) is 57.9 Å². The highest BCUT2D eigenvalue weighted by atomic mass is 32.2. The molecular formula is C20H21N3O5S. The van der Waals surface area contributed by atoms with Gasteiger partial charge in [-0.05, 0) is 55.3 Å². The van der Waals surface area contributed by atoms with Gasteiger partial charge in [0.05, 0.1) is 23.4 Å². The first kappa shape index (κ1) is 20.4. The average molecular weight is 415 g/mol. The molecule has 0 saturated carbocycles. The van der Waals surface area contributed by atoms with Crippen LogP contribution in [-0.2, 0) is 10.0 Å². The first-order valence-electron chi connectivity index (χ1n) is 8.99. The molecule has 2 aromatic heterocycles. The van der Waals surface area contributed by atoms with Gasteiger partial charge in [0, 0.05) is 5.69 Å². The molecule has 3 N–H and O–H groups in total. The van der Waals surface area contributed by atoms with Crippen molar-refractivity contribution in [3.8, 4) is 11.5 Å². The van der Waals surface area contributed by atoms with Crippen LogP contribution >= 0.6 is 0 Å². The number of rotatable bonds is 7.